The zero-order valence-electron chi connectivity index (χ0n) is 15.8. The zero-order valence-corrected chi connectivity index (χ0v) is 16.7. The molecule has 1 saturated carbocycles. The molecule has 27 heavy (non-hydrogen) atoms. The van der Waals surface area contributed by atoms with Crippen LogP contribution in [0, 0.1) is 5.82 Å². The topological polar surface area (TPSA) is 43.4 Å². The molecular formula is C22H25FO3S. The Hall–Kier alpha value is -1.88. The Bertz CT molecular complexity index is 852. The molecular weight excluding hydrogens is 363 g/mol. The molecule has 144 valence electrons. The third kappa shape index (κ3) is 4.18. The highest BCUT2D eigenvalue weighted by molar-refractivity contribution is 7.99. The van der Waals surface area contributed by atoms with E-state index in [1.54, 1.807) is 24.8 Å². The minimum Gasteiger partial charge on any atom is -0.465 e. The molecule has 0 spiro atoms. The van der Waals surface area contributed by atoms with Gasteiger partial charge in [0.1, 0.15) is 18.2 Å². The molecule has 2 aromatic carbocycles. The maximum Gasteiger partial charge on any atom is 0.305 e. The number of rotatable bonds is 6. The molecule has 1 aliphatic rings. The van der Waals surface area contributed by atoms with E-state index < -0.39 is 5.41 Å². The van der Waals surface area contributed by atoms with Gasteiger partial charge in [0, 0.05) is 35.0 Å². The van der Waals surface area contributed by atoms with E-state index in [0.717, 1.165) is 21.6 Å². The smallest absolute Gasteiger partial charge is 0.305 e. The van der Waals surface area contributed by atoms with E-state index in [1.165, 1.54) is 0 Å². The normalized spacial score (nSPS) is 16.5. The molecule has 3 nitrogen and oxygen atoms in total. The number of hydrogen-bond acceptors (Lipinski definition) is 4. The summed E-state index contributed by atoms with van der Waals surface area (Å²) >= 11 is 1.61. The van der Waals surface area contributed by atoms with Gasteiger partial charge in [-0.05, 0) is 41.7 Å². The minimum atomic E-state index is -0.515. The highest BCUT2D eigenvalue weighted by atomic mass is 32.2. The summed E-state index contributed by atoms with van der Waals surface area (Å²) in [5, 5.41) is 1.43. The Morgan fingerprint density at radius 3 is 2.63 bits per heavy atom. The highest BCUT2D eigenvalue weighted by Gasteiger charge is 2.39. The van der Waals surface area contributed by atoms with E-state index in [-0.39, 0.29) is 24.2 Å². The lowest BCUT2D eigenvalue weighted by Gasteiger charge is -2.37. The van der Waals surface area contributed by atoms with Crippen LogP contribution in [-0.4, -0.2) is 24.1 Å². The average molecular weight is 389 g/mol. The van der Waals surface area contributed by atoms with Crippen LogP contribution >= 0.6 is 11.8 Å². The Labute approximate surface area is 163 Å². The van der Waals surface area contributed by atoms with Crippen LogP contribution in [0.25, 0.3) is 10.8 Å². The lowest BCUT2D eigenvalue weighted by molar-refractivity contribution is -0.145. The van der Waals surface area contributed by atoms with Gasteiger partial charge in [-0.1, -0.05) is 32.0 Å². The first-order valence-corrected chi connectivity index (χ1v) is 10.5. The van der Waals surface area contributed by atoms with Gasteiger partial charge in [-0.2, -0.15) is 0 Å². The second-order valence-corrected chi connectivity index (χ2v) is 8.41. The quantitative estimate of drug-likeness (QED) is 0.489. The number of fused-ring (bicyclic) bond motifs is 1. The predicted molar refractivity (Wildman–Crippen MR) is 107 cm³/mol. The fourth-order valence-corrected chi connectivity index (χ4v) is 4.59. The Kier molecular flexibility index (Phi) is 6.20. The molecule has 3 rings (SSSR count). The molecule has 0 atom stereocenters. The minimum absolute atomic E-state index is 0.191. The molecule has 0 radical (unpaired) electrons. The van der Waals surface area contributed by atoms with Crippen molar-refractivity contribution < 1.29 is 18.7 Å². The highest BCUT2D eigenvalue weighted by Crippen LogP contribution is 2.43. The second kappa shape index (κ2) is 8.42. The van der Waals surface area contributed by atoms with Gasteiger partial charge in [0.2, 0.25) is 0 Å². The molecule has 0 heterocycles. The van der Waals surface area contributed by atoms with Crippen molar-refractivity contribution in [3.63, 3.8) is 0 Å². The fourth-order valence-electron chi connectivity index (χ4n) is 3.86. The third-order valence-corrected chi connectivity index (χ3v) is 6.21. The van der Waals surface area contributed by atoms with Gasteiger partial charge in [-0.15, -0.1) is 11.8 Å². The van der Waals surface area contributed by atoms with Crippen molar-refractivity contribution in [1.29, 1.82) is 0 Å². The number of ketones is 1. The summed E-state index contributed by atoms with van der Waals surface area (Å²) in [4.78, 5) is 24.5. The van der Waals surface area contributed by atoms with Crippen molar-refractivity contribution >= 4 is 34.3 Å². The van der Waals surface area contributed by atoms with Gasteiger partial charge in [0.25, 0.3) is 0 Å². The van der Waals surface area contributed by atoms with Crippen LogP contribution in [0.3, 0.4) is 0 Å². The summed E-state index contributed by atoms with van der Waals surface area (Å²) in [6.45, 7) is 3.99. The standard InChI is InChI=1S/C22H25FO3S/c1-3-20(25)26-14-22(10-8-16(24)9-11-22)18-7-5-6-15-12-17(27-4-2)13-19(23)21(15)18/h5-7,12-13H,3-4,8-11,14H2,1-2H3. The van der Waals surface area contributed by atoms with Gasteiger partial charge < -0.3 is 4.74 Å². The van der Waals surface area contributed by atoms with Crippen molar-refractivity contribution in [2.75, 3.05) is 12.4 Å². The van der Waals surface area contributed by atoms with Crippen molar-refractivity contribution in [3.8, 4) is 0 Å². The molecule has 0 unspecified atom stereocenters. The zero-order chi connectivity index (χ0) is 19.4. The van der Waals surface area contributed by atoms with Crippen LogP contribution < -0.4 is 0 Å². The SMILES string of the molecule is CCSc1cc(F)c2c(C3(COC(=O)CC)CCC(=O)CC3)cccc2c1. The molecule has 0 bridgehead atoms. The summed E-state index contributed by atoms with van der Waals surface area (Å²) < 4.78 is 20.6. The van der Waals surface area contributed by atoms with E-state index in [9.17, 15) is 9.59 Å². The van der Waals surface area contributed by atoms with E-state index in [4.69, 9.17) is 4.74 Å². The van der Waals surface area contributed by atoms with Gasteiger partial charge in [0.05, 0.1) is 0 Å². The number of thioether (sulfide) groups is 1. The summed E-state index contributed by atoms with van der Waals surface area (Å²) in [7, 11) is 0. The van der Waals surface area contributed by atoms with E-state index in [0.29, 0.717) is 37.5 Å². The van der Waals surface area contributed by atoms with Gasteiger partial charge in [-0.25, -0.2) is 4.39 Å². The third-order valence-electron chi connectivity index (χ3n) is 5.35. The monoisotopic (exact) mass is 388 g/mol. The molecule has 0 aliphatic heterocycles. The first-order chi connectivity index (χ1) is 13.0. The predicted octanol–water partition coefficient (Wildman–Crippen LogP) is 5.43. The molecule has 0 N–H and O–H groups in total. The number of carbonyl (C=O) groups excluding carboxylic acids is 2. The summed E-state index contributed by atoms with van der Waals surface area (Å²) in [6, 6.07) is 9.36. The van der Waals surface area contributed by atoms with Crippen LogP contribution in [0.4, 0.5) is 4.39 Å². The van der Waals surface area contributed by atoms with Crippen LogP contribution in [0.1, 0.15) is 51.5 Å². The van der Waals surface area contributed by atoms with Crippen molar-refractivity contribution in [2.45, 2.75) is 56.3 Å². The van der Waals surface area contributed by atoms with Gasteiger partial charge >= 0.3 is 5.97 Å². The van der Waals surface area contributed by atoms with E-state index >= 15 is 4.39 Å². The van der Waals surface area contributed by atoms with Crippen LogP contribution in [0.5, 0.6) is 0 Å². The average Bonchev–Trinajstić information content (AvgIpc) is 2.67. The molecule has 0 saturated heterocycles. The largest absolute Gasteiger partial charge is 0.465 e. The van der Waals surface area contributed by atoms with E-state index in [2.05, 4.69) is 0 Å². The van der Waals surface area contributed by atoms with Crippen LogP contribution in [-0.2, 0) is 19.7 Å². The maximum atomic E-state index is 15.1. The number of benzene rings is 2. The van der Waals surface area contributed by atoms with Gasteiger partial charge in [0.15, 0.2) is 0 Å². The molecule has 5 heteroatoms. The summed E-state index contributed by atoms with van der Waals surface area (Å²) in [5.74, 6) is 0.574. The first kappa shape index (κ1) is 19.9. The Morgan fingerprint density at radius 1 is 1.22 bits per heavy atom. The molecule has 1 fully saturated rings. The van der Waals surface area contributed by atoms with Crippen molar-refractivity contribution in [2.24, 2.45) is 0 Å². The maximum absolute atomic E-state index is 15.1. The lowest BCUT2D eigenvalue weighted by atomic mass is 9.68. The first-order valence-electron chi connectivity index (χ1n) is 9.52. The molecule has 0 aromatic heterocycles. The fraction of sp³-hybridized carbons (Fsp3) is 0.455. The van der Waals surface area contributed by atoms with Crippen LogP contribution in [0.15, 0.2) is 35.2 Å². The summed E-state index contributed by atoms with van der Waals surface area (Å²) in [6.07, 6.45) is 2.33. The van der Waals surface area contributed by atoms with Crippen molar-refractivity contribution in [3.05, 3.63) is 41.7 Å². The lowest BCUT2D eigenvalue weighted by Crippen LogP contribution is -2.37. The number of hydrogen-bond donors (Lipinski definition) is 0. The van der Waals surface area contributed by atoms with E-state index in [1.807, 2.05) is 31.2 Å². The van der Waals surface area contributed by atoms with Crippen LogP contribution in [0.2, 0.25) is 0 Å². The number of esters is 1. The molecule has 0 amide bonds. The summed E-state index contributed by atoms with van der Waals surface area (Å²) in [5.41, 5.74) is 0.334. The second-order valence-electron chi connectivity index (χ2n) is 7.08. The Balaban J connectivity index is 2.09. The number of halogens is 1. The Morgan fingerprint density at radius 2 is 1.96 bits per heavy atom. The van der Waals surface area contributed by atoms with Gasteiger partial charge in [-0.3, -0.25) is 9.59 Å². The van der Waals surface area contributed by atoms with Crippen molar-refractivity contribution in [1.82, 2.24) is 0 Å². The molecule has 2 aromatic rings. The molecule has 1 aliphatic carbocycles. The number of carbonyl (C=O) groups is 2. The number of Topliss-reactive ketones (excluding diaryl/α,β-unsaturated/α-hetero) is 1. The number of ether oxygens (including phenoxy) is 1.